The third-order valence-corrected chi connectivity index (χ3v) is 2.12. The lowest BCUT2D eigenvalue weighted by atomic mass is 10.1. The summed E-state index contributed by atoms with van der Waals surface area (Å²) in [4.78, 5) is 15.0. The van der Waals surface area contributed by atoms with Gasteiger partial charge in [-0.1, -0.05) is 0 Å². The number of nitriles is 1. The molecule has 0 radical (unpaired) electrons. The van der Waals surface area contributed by atoms with Gasteiger partial charge in [-0.3, -0.25) is 4.79 Å². The van der Waals surface area contributed by atoms with Gasteiger partial charge >= 0.3 is 0 Å². The normalized spacial score (nSPS) is 9.82. The van der Waals surface area contributed by atoms with Gasteiger partial charge in [0.1, 0.15) is 12.4 Å². The van der Waals surface area contributed by atoms with Crippen molar-refractivity contribution < 1.29 is 4.79 Å². The number of benzene rings is 1. The van der Waals surface area contributed by atoms with E-state index in [1.54, 1.807) is 18.2 Å². The Morgan fingerprint density at radius 3 is 2.82 bits per heavy atom. The smallest absolute Gasteiger partial charge is 0.252 e. The Kier molecular flexibility index (Phi) is 2.46. The lowest BCUT2D eigenvalue weighted by Crippen LogP contribution is -2.15. The monoisotopic (exact) mass is 228 g/mol. The van der Waals surface area contributed by atoms with E-state index in [9.17, 15) is 4.79 Å². The molecule has 7 heteroatoms. The Morgan fingerprint density at radius 2 is 2.24 bits per heavy atom. The molecule has 2 aromatic rings. The zero-order valence-corrected chi connectivity index (χ0v) is 8.66. The van der Waals surface area contributed by atoms with Crippen molar-refractivity contribution in [1.82, 2.24) is 14.8 Å². The minimum atomic E-state index is -0.624. The second kappa shape index (κ2) is 3.94. The maximum absolute atomic E-state index is 11.3. The maximum Gasteiger partial charge on any atom is 0.252 e. The average Bonchev–Trinajstić information content (AvgIpc) is 2.77. The molecule has 1 amide bonds. The highest BCUT2D eigenvalue weighted by Gasteiger charge is 2.12. The van der Waals surface area contributed by atoms with Crippen molar-refractivity contribution in [3.05, 3.63) is 35.9 Å². The molecule has 17 heavy (non-hydrogen) atoms. The molecule has 7 nitrogen and oxygen atoms in total. The highest BCUT2D eigenvalue weighted by molar-refractivity contribution is 5.97. The second-order valence-electron chi connectivity index (χ2n) is 3.27. The molecule has 2 rings (SSSR count). The van der Waals surface area contributed by atoms with Crippen molar-refractivity contribution in [1.29, 1.82) is 5.26 Å². The van der Waals surface area contributed by atoms with Crippen molar-refractivity contribution >= 4 is 11.6 Å². The van der Waals surface area contributed by atoms with Gasteiger partial charge in [0.25, 0.3) is 11.7 Å². The van der Waals surface area contributed by atoms with Gasteiger partial charge in [0.15, 0.2) is 0 Å². The van der Waals surface area contributed by atoms with Gasteiger partial charge in [-0.2, -0.15) is 5.26 Å². The van der Waals surface area contributed by atoms with E-state index in [2.05, 4.69) is 10.1 Å². The lowest BCUT2D eigenvalue weighted by Gasteiger charge is -2.06. The minimum Gasteiger partial charge on any atom is -0.399 e. The summed E-state index contributed by atoms with van der Waals surface area (Å²) in [6, 6.07) is 6.44. The molecule has 1 aromatic heterocycles. The van der Waals surface area contributed by atoms with Crippen LogP contribution in [0, 0.1) is 11.3 Å². The third-order valence-electron chi connectivity index (χ3n) is 2.12. The minimum absolute atomic E-state index is 0.0113. The number of nitrogens with zero attached hydrogens (tertiary/aromatic N) is 4. The number of carbonyl (C=O) groups excluding carboxylic acids is 1. The highest BCUT2D eigenvalue weighted by Crippen LogP contribution is 2.16. The van der Waals surface area contributed by atoms with Crippen molar-refractivity contribution in [2.45, 2.75) is 0 Å². The Balaban J connectivity index is 2.59. The molecule has 0 aliphatic carbocycles. The van der Waals surface area contributed by atoms with Crippen LogP contribution in [0.5, 0.6) is 0 Å². The van der Waals surface area contributed by atoms with E-state index in [-0.39, 0.29) is 11.4 Å². The first-order chi connectivity index (χ1) is 8.11. The molecule has 0 spiro atoms. The van der Waals surface area contributed by atoms with Gasteiger partial charge in [0.05, 0.1) is 11.3 Å². The zero-order valence-electron chi connectivity index (χ0n) is 8.66. The number of amides is 1. The molecular weight excluding hydrogens is 220 g/mol. The first-order valence-corrected chi connectivity index (χ1v) is 4.63. The van der Waals surface area contributed by atoms with Gasteiger partial charge in [0.2, 0.25) is 0 Å². The fourth-order valence-corrected chi connectivity index (χ4v) is 1.38. The van der Waals surface area contributed by atoms with Crippen LogP contribution in [0.1, 0.15) is 16.2 Å². The standard InChI is InChI=1S/C10H8N6O/c11-4-9-14-5-16(15-9)8-2-1-6(12)3-7(8)10(13)17/h1-3,5H,12H2,(H2,13,17). The molecule has 1 aromatic carbocycles. The number of hydrogen-bond acceptors (Lipinski definition) is 5. The molecule has 84 valence electrons. The topological polar surface area (TPSA) is 124 Å². The van der Waals surface area contributed by atoms with Crippen molar-refractivity contribution in [3.63, 3.8) is 0 Å². The SMILES string of the molecule is N#Cc1ncn(-c2ccc(N)cc2C(N)=O)n1. The molecule has 0 bridgehead atoms. The molecule has 0 unspecified atom stereocenters. The predicted molar refractivity (Wildman–Crippen MR) is 59.0 cm³/mol. The van der Waals surface area contributed by atoms with Crippen molar-refractivity contribution in [2.24, 2.45) is 5.73 Å². The first kappa shape index (κ1) is 10.6. The molecule has 4 N–H and O–H groups in total. The summed E-state index contributed by atoms with van der Waals surface area (Å²) >= 11 is 0. The second-order valence-corrected chi connectivity index (χ2v) is 3.27. The van der Waals surface area contributed by atoms with Gasteiger partial charge in [0, 0.05) is 5.69 Å². The third kappa shape index (κ3) is 1.91. The molecular formula is C10H8N6O. The average molecular weight is 228 g/mol. The number of carbonyl (C=O) groups is 1. The summed E-state index contributed by atoms with van der Waals surface area (Å²) in [5.41, 5.74) is 11.9. The number of nitrogens with two attached hydrogens (primary N) is 2. The van der Waals surface area contributed by atoms with E-state index in [4.69, 9.17) is 16.7 Å². The van der Waals surface area contributed by atoms with E-state index in [0.717, 1.165) is 0 Å². The van der Waals surface area contributed by atoms with E-state index < -0.39 is 5.91 Å². The number of nitrogen functional groups attached to an aromatic ring is 1. The van der Waals surface area contributed by atoms with Gasteiger partial charge in [-0.05, 0) is 18.2 Å². The molecule has 1 heterocycles. The molecule has 0 aliphatic rings. The number of anilines is 1. The first-order valence-electron chi connectivity index (χ1n) is 4.63. The van der Waals surface area contributed by atoms with Crippen LogP contribution in [0.4, 0.5) is 5.69 Å². The fourth-order valence-electron chi connectivity index (χ4n) is 1.38. The van der Waals surface area contributed by atoms with Crippen molar-refractivity contribution in [3.8, 4) is 11.8 Å². The molecule has 0 aliphatic heterocycles. The Morgan fingerprint density at radius 1 is 1.47 bits per heavy atom. The highest BCUT2D eigenvalue weighted by atomic mass is 16.1. The fraction of sp³-hybridized carbons (Fsp3) is 0. The van der Waals surface area contributed by atoms with Crippen LogP contribution in [0.25, 0.3) is 5.69 Å². The summed E-state index contributed by atoms with van der Waals surface area (Å²) < 4.78 is 1.30. The number of primary amides is 1. The summed E-state index contributed by atoms with van der Waals surface area (Å²) in [6.07, 6.45) is 1.33. The largest absolute Gasteiger partial charge is 0.399 e. The molecule has 0 saturated heterocycles. The van der Waals surface area contributed by atoms with Crippen LogP contribution in [0.15, 0.2) is 24.5 Å². The van der Waals surface area contributed by atoms with E-state index in [0.29, 0.717) is 11.4 Å². The molecule has 0 atom stereocenters. The summed E-state index contributed by atoms with van der Waals surface area (Å²) in [5.74, 6) is -0.612. The van der Waals surface area contributed by atoms with Gasteiger partial charge < -0.3 is 11.5 Å². The summed E-state index contributed by atoms with van der Waals surface area (Å²) in [7, 11) is 0. The van der Waals surface area contributed by atoms with Crippen LogP contribution in [-0.4, -0.2) is 20.7 Å². The van der Waals surface area contributed by atoms with Crippen LogP contribution >= 0.6 is 0 Å². The predicted octanol–water partition coefficient (Wildman–Crippen LogP) is -0.180. The van der Waals surface area contributed by atoms with E-state index >= 15 is 0 Å². The van der Waals surface area contributed by atoms with Crippen LogP contribution in [0.3, 0.4) is 0 Å². The quantitative estimate of drug-likeness (QED) is 0.690. The van der Waals surface area contributed by atoms with E-state index in [1.807, 2.05) is 0 Å². The Bertz CT molecular complexity index is 624. The van der Waals surface area contributed by atoms with Crippen LogP contribution in [-0.2, 0) is 0 Å². The molecule has 0 saturated carbocycles. The Hall–Kier alpha value is -2.88. The van der Waals surface area contributed by atoms with Crippen molar-refractivity contribution in [2.75, 3.05) is 5.73 Å². The number of rotatable bonds is 2. The molecule has 0 fully saturated rings. The van der Waals surface area contributed by atoms with Gasteiger partial charge in [-0.25, -0.2) is 9.67 Å². The summed E-state index contributed by atoms with van der Waals surface area (Å²) in [5, 5.41) is 12.5. The lowest BCUT2D eigenvalue weighted by molar-refractivity contribution is 0.1000. The zero-order chi connectivity index (χ0) is 12.4. The van der Waals surface area contributed by atoms with Crippen LogP contribution in [0.2, 0.25) is 0 Å². The maximum atomic E-state index is 11.3. The van der Waals surface area contributed by atoms with E-state index in [1.165, 1.54) is 17.1 Å². The number of hydrogen-bond donors (Lipinski definition) is 2. The number of aromatic nitrogens is 3. The summed E-state index contributed by atoms with van der Waals surface area (Å²) in [6.45, 7) is 0. The Labute approximate surface area is 96.3 Å². The van der Waals surface area contributed by atoms with Gasteiger partial charge in [-0.15, -0.1) is 5.10 Å². The van der Waals surface area contributed by atoms with Crippen LogP contribution < -0.4 is 11.5 Å².